The Balaban J connectivity index is 1.96. The molecule has 1 aliphatic rings. The Bertz CT molecular complexity index is 419. The number of aliphatic hydroxyl groups is 1. The Kier molecular flexibility index (Phi) is 5.26. The molecule has 0 spiro atoms. The summed E-state index contributed by atoms with van der Waals surface area (Å²) in [6, 6.07) is 8.18. The monoisotopic (exact) mass is 278 g/mol. The first-order valence-electron chi connectivity index (χ1n) is 7.58. The zero-order chi connectivity index (χ0) is 14.4. The molecule has 1 aliphatic heterocycles. The quantitative estimate of drug-likeness (QED) is 0.837. The molecule has 1 atom stereocenters. The molecule has 0 radical (unpaired) electrons. The first-order valence-corrected chi connectivity index (χ1v) is 7.58. The van der Waals surface area contributed by atoms with Crippen LogP contribution in [0.5, 0.6) is 5.75 Å². The summed E-state index contributed by atoms with van der Waals surface area (Å²) in [5.74, 6) is 0.967. The average molecular weight is 278 g/mol. The van der Waals surface area contributed by atoms with Crippen molar-refractivity contribution in [3.63, 3.8) is 0 Å². The lowest BCUT2D eigenvalue weighted by atomic mass is 9.95. The Morgan fingerprint density at radius 2 is 2.20 bits per heavy atom. The predicted molar refractivity (Wildman–Crippen MR) is 82.3 cm³/mol. The highest BCUT2D eigenvalue weighted by Gasteiger charge is 2.23. The van der Waals surface area contributed by atoms with Crippen molar-refractivity contribution < 1.29 is 9.84 Å². The van der Waals surface area contributed by atoms with E-state index in [9.17, 15) is 5.11 Å². The van der Waals surface area contributed by atoms with Crippen LogP contribution < -0.4 is 15.4 Å². The highest BCUT2D eigenvalue weighted by atomic mass is 16.5. The number of nitrogens with zero attached hydrogens (tertiary/aromatic N) is 1. The SMILES string of the molecule is CCC(O)(CN)CCCN1CCCOc2ccccc21. The van der Waals surface area contributed by atoms with Gasteiger partial charge in [0.2, 0.25) is 0 Å². The van der Waals surface area contributed by atoms with E-state index in [1.54, 1.807) is 0 Å². The van der Waals surface area contributed by atoms with Crippen LogP contribution in [0, 0.1) is 0 Å². The number of ether oxygens (including phenoxy) is 1. The smallest absolute Gasteiger partial charge is 0.142 e. The molecule has 1 unspecified atom stereocenters. The molecule has 0 aliphatic carbocycles. The van der Waals surface area contributed by atoms with Crippen molar-refractivity contribution in [1.29, 1.82) is 0 Å². The third kappa shape index (κ3) is 3.64. The van der Waals surface area contributed by atoms with Crippen LogP contribution in [0.3, 0.4) is 0 Å². The van der Waals surface area contributed by atoms with E-state index in [0.29, 0.717) is 13.0 Å². The Hall–Kier alpha value is -1.26. The molecule has 0 aromatic heterocycles. The lowest BCUT2D eigenvalue weighted by Gasteiger charge is -2.28. The fourth-order valence-corrected chi connectivity index (χ4v) is 2.65. The molecule has 0 saturated carbocycles. The molecular weight excluding hydrogens is 252 g/mol. The predicted octanol–water partition coefficient (Wildman–Crippen LogP) is 2.16. The van der Waals surface area contributed by atoms with Gasteiger partial charge in [0.25, 0.3) is 0 Å². The molecule has 4 nitrogen and oxygen atoms in total. The summed E-state index contributed by atoms with van der Waals surface area (Å²) in [5.41, 5.74) is 6.11. The number of anilines is 1. The summed E-state index contributed by atoms with van der Waals surface area (Å²) in [6.07, 6.45) is 3.43. The topological polar surface area (TPSA) is 58.7 Å². The normalized spacial score (nSPS) is 17.9. The Morgan fingerprint density at radius 3 is 2.95 bits per heavy atom. The first-order chi connectivity index (χ1) is 9.68. The van der Waals surface area contributed by atoms with Crippen LogP contribution in [-0.2, 0) is 0 Å². The van der Waals surface area contributed by atoms with E-state index in [1.807, 2.05) is 25.1 Å². The average Bonchev–Trinajstić information content (AvgIpc) is 2.70. The minimum atomic E-state index is -0.706. The highest BCUT2D eigenvalue weighted by Crippen LogP contribution is 2.30. The number of hydrogen-bond acceptors (Lipinski definition) is 4. The van der Waals surface area contributed by atoms with Crippen LogP contribution in [0.4, 0.5) is 5.69 Å². The van der Waals surface area contributed by atoms with Gasteiger partial charge in [0.1, 0.15) is 5.75 Å². The van der Waals surface area contributed by atoms with Gasteiger partial charge in [-0.25, -0.2) is 0 Å². The lowest BCUT2D eigenvalue weighted by molar-refractivity contribution is 0.0350. The van der Waals surface area contributed by atoms with Crippen molar-refractivity contribution >= 4 is 5.69 Å². The van der Waals surface area contributed by atoms with Crippen molar-refractivity contribution in [3.05, 3.63) is 24.3 Å². The summed E-state index contributed by atoms with van der Waals surface area (Å²) in [6.45, 7) is 5.03. The van der Waals surface area contributed by atoms with Crippen LogP contribution in [0.2, 0.25) is 0 Å². The van der Waals surface area contributed by atoms with Crippen molar-refractivity contribution in [2.75, 3.05) is 31.1 Å². The Labute approximate surface area is 121 Å². The van der Waals surface area contributed by atoms with Crippen molar-refractivity contribution in [3.8, 4) is 5.75 Å². The molecule has 3 N–H and O–H groups in total. The largest absolute Gasteiger partial charge is 0.491 e. The third-order valence-electron chi connectivity index (χ3n) is 4.14. The molecule has 1 aromatic carbocycles. The van der Waals surface area contributed by atoms with E-state index in [0.717, 1.165) is 50.4 Å². The van der Waals surface area contributed by atoms with Gasteiger partial charge < -0.3 is 20.5 Å². The van der Waals surface area contributed by atoms with Crippen LogP contribution in [0.25, 0.3) is 0 Å². The molecule has 20 heavy (non-hydrogen) atoms. The number of fused-ring (bicyclic) bond motifs is 1. The number of nitrogens with two attached hydrogens (primary N) is 1. The van der Waals surface area contributed by atoms with Crippen LogP contribution in [0.1, 0.15) is 32.6 Å². The van der Waals surface area contributed by atoms with Gasteiger partial charge in [-0.15, -0.1) is 0 Å². The summed E-state index contributed by atoms with van der Waals surface area (Å²) >= 11 is 0. The van der Waals surface area contributed by atoms with E-state index in [4.69, 9.17) is 10.5 Å². The second-order valence-electron chi connectivity index (χ2n) is 5.54. The van der Waals surface area contributed by atoms with Gasteiger partial charge in [-0.1, -0.05) is 19.1 Å². The molecule has 1 heterocycles. The minimum Gasteiger partial charge on any atom is -0.491 e. The molecule has 2 rings (SSSR count). The molecule has 0 bridgehead atoms. The third-order valence-corrected chi connectivity index (χ3v) is 4.14. The summed E-state index contributed by atoms with van der Waals surface area (Å²) in [7, 11) is 0. The van der Waals surface area contributed by atoms with E-state index in [2.05, 4.69) is 11.0 Å². The van der Waals surface area contributed by atoms with E-state index < -0.39 is 5.60 Å². The summed E-state index contributed by atoms with van der Waals surface area (Å²) in [4.78, 5) is 2.36. The molecule has 0 fully saturated rings. The van der Waals surface area contributed by atoms with Gasteiger partial charge in [-0.05, 0) is 37.8 Å². The van der Waals surface area contributed by atoms with Crippen molar-refractivity contribution in [2.45, 2.75) is 38.2 Å². The molecule has 112 valence electrons. The second kappa shape index (κ2) is 6.95. The second-order valence-corrected chi connectivity index (χ2v) is 5.54. The van der Waals surface area contributed by atoms with E-state index >= 15 is 0 Å². The summed E-state index contributed by atoms with van der Waals surface area (Å²) in [5, 5.41) is 10.2. The fraction of sp³-hybridized carbons (Fsp3) is 0.625. The molecule has 0 amide bonds. The van der Waals surface area contributed by atoms with Gasteiger partial charge in [0.15, 0.2) is 0 Å². The van der Waals surface area contributed by atoms with Crippen molar-refractivity contribution in [1.82, 2.24) is 0 Å². The molecule has 4 heteroatoms. The zero-order valence-corrected chi connectivity index (χ0v) is 12.3. The van der Waals surface area contributed by atoms with Crippen LogP contribution in [0.15, 0.2) is 24.3 Å². The standard InChI is InChI=1S/C16H26N2O2/c1-2-16(19,13-17)9-5-10-18-11-6-12-20-15-8-4-3-7-14(15)18/h3-4,7-8,19H,2,5-6,9-13,17H2,1H3. The number of hydrogen-bond donors (Lipinski definition) is 2. The number of benzene rings is 1. The van der Waals surface area contributed by atoms with Gasteiger partial charge in [-0.2, -0.15) is 0 Å². The van der Waals surface area contributed by atoms with E-state index in [-0.39, 0.29) is 0 Å². The lowest BCUT2D eigenvalue weighted by Crippen LogP contribution is -2.38. The van der Waals surface area contributed by atoms with Gasteiger partial charge in [-0.3, -0.25) is 0 Å². The van der Waals surface area contributed by atoms with Gasteiger partial charge in [0.05, 0.1) is 17.9 Å². The molecule has 0 saturated heterocycles. The maximum Gasteiger partial charge on any atom is 0.142 e. The number of rotatable bonds is 6. The van der Waals surface area contributed by atoms with Gasteiger partial charge in [0, 0.05) is 19.6 Å². The number of para-hydroxylation sites is 2. The maximum absolute atomic E-state index is 10.2. The zero-order valence-electron chi connectivity index (χ0n) is 12.3. The fourth-order valence-electron chi connectivity index (χ4n) is 2.65. The van der Waals surface area contributed by atoms with Gasteiger partial charge >= 0.3 is 0 Å². The van der Waals surface area contributed by atoms with Crippen LogP contribution >= 0.6 is 0 Å². The highest BCUT2D eigenvalue weighted by molar-refractivity contribution is 5.58. The maximum atomic E-state index is 10.2. The first kappa shape index (κ1) is 15.1. The Morgan fingerprint density at radius 1 is 1.40 bits per heavy atom. The summed E-state index contributed by atoms with van der Waals surface area (Å²) < 4.78 is 5.76. The molecule has 1 aromatic rings. The van der Waals surface area contributed by atoms with E-state index in [1.165, 1.54) is 0 Å². The van der Waals surface area contributed by atoms with Crippen molar-refractivity contribution in [2.24, 2.45) is 5.73 Å². The minimum absolute atomic E-state index is 0.337. The molecular formula is C16H26N2O2. The van der Waals surface area contributed by atoms with Crippen LogP contribution in [-0.4, -0.2) is 36.9 Å².